The molecule has 1 aromatic heterocycles. The predicted molar refractivity (Wildman–Crippen MR) is 187 cm³/mol. The van der Waals surface area contributed by atoms with Gasteiger partial charge in [0.2, 0.25) is 23.6 Å². The molecule has 0 spiro atoms. The fourth-order valence-electron chi connectivity index (χ4n) is 8.97. The number of amides is 4. The van der Waals surface area contributed by atoms with Crippen LogP contribution >= 0.6 is 0 Å². The summed E-state index contributed by atoms with van der Waals surface area (Å²) in [6.45, 7) is 3.62. The molecule has 4 aliphatic rings. The fourth-order valence-corrected chi connectivity index (χ4v) is 8.97. The van der Waals surface area contributed by atoms with Gasteiger partial charge in [-0.25, -0.2) is 0 Å². The molecule has 2 N–H and O–H groups in total. The Balaban J connectivity index is 1.39. The molecule has 268 valence electrons. The summed E-state index contributed by atoms with van der Waals surface area (Å²) >= 11 is 0. The first-order valence-electron chi connectivity index (χ1n) is 18.5. The Labute approximate surface area is 290 Å². The largest absolute Gasteiger partial charge is 0.385 e. The summed E-state index contributed by atoms with van der Waals surface area (Å²) in [4.78, 5) is 64.4. The molecule has 2 saturated heterocycles. The molecular weight excluding hydrogens is 622 g/mol. The number of nitrogens with one attached hydrogen (secondary N) is 2. The van der Waals surface area contributed by atoms with E-state index in [1.807, 2.05) is 9.80 Å². The lowest BCUT2D eigenvalue weighted by atomic mass is 9.64. The van der Waals surface area contributed by atoms with Gasteiger partial charge >= 0.3 is 0 Å². The molecule has 4 amide bonds. The summed E-state index contributed by atoms with van der Waals surface area (Å²) in [7, 11) is 5.20. The Morgan fingerprint density at radius 2 is 1.90 bits per heavy atom. The average Bonchev–Trinajstić information content (AvgIpc) is 3.77. The van der Waals surface area contributed by atoms with Crippen molar-refractivity contribution >= 4 is 34.5 Å². The van der Waals surface area contributed by atoms with Gasteiger partial charge in [-0.15, -0.1) is 0 Å². The molecule has 1 aromatic carbocycles. The number of hydrogen-bond donors (Lipinski definition) is 2. The first kappa shape index (κ1) is 35.4. The third-order valence-corrected chi connectivity index (χ3v) is 11.6. The normalized spacial score (nSPS) is 24.2. The van der Waals surface area contributed by atoms with Crippen LogP contribution in [0.4, 0.5) is 0 Å². The van der Waals surface area contributed by atoms with E-state index in [9.17, 15) is 19.2 Å². The van der Waals surface area contributed by atoms with E-state index in [2.05, 4.69) is 28.5 Å². The predicted octanol–water partition coefficient (Wildman–Crippen LogP) is 3.78. The average molecular weight is 678 g/mol. The number of H-pyrrole nitrogens is 1. The number of aromatic nitrogens is 1. The van der Waals surface area contributed by atoms with Crippen molar-refractivity contribution in [2.75, 3.05) is 67.2 Å². The number of morpholine rings is 1. The number of rotatable bonds is 13. The topological polar surface area (TPSA) is 124 Å². The van der Waals surface area contributed by atoms with Gasteiger partial charge in [-0.05, 0) is 61.6 Å². The van der Waals surface area contributed by atoms with Gasteiger partial charge in [0.25, 0.3) is 0 Å². The second-order valence-corrected chi connectivity index (χ2v) is 14.8. The van der Waals surface area contributed by atoms with E-state index in [1.54, 1.807) is 26.1 Å². The summed E-state index contributed by atoms with van der Waals surface area (Å²) in [6, 6.07) is 6.41. The van der Waals surface area contributed by atoms with Gasteiger partial charge in [-0.2, -0.15) is 0 Å². The van der Waals surface area contributed by atoms with Crippen molar-refractivity contribution in [3.63, 3.8) is 0 Å². The third kappa shape index (κ3) is 7.38. The van der Waals surface area contributed by atoms with Crippen molar-refractivity contribution in [3.05, 3.63) is 35.0 Å². The molecule has 4 heterocycles. The van der Waals surface area contributed by atoms with Crippen molar-refractivity contribution in [1.82, 2.24) is 25.0 Å². The minimum Gasteiger partial charge on any atom is -0.385 e. The van der Waals surface area contributed by atoms with Crippen LogP contribution in [-0.2, 0) is 47.0 Å². The molecule has 11 nitrogen and oxygen atoms in total. The van der Waals surface area contributed by atoms with E-state index in [4.69, 9.17) is 9.47 Å². The summed E-state index contributed by atoms with van der Waals surface area (Å²) in [5.41, 5.74) is 3.43. The first-order chi connectivity index (χ1) is 23.7. The van der Waals surface area contributed by atoms with Crippen LogP contribution in [0.1, 0.15) is 81.0 Å². The summed E-state index contributed by atoms with van der Waals surface area (Å²) in [5, 5.41) is 4.09. The highest BCUT2D eigenvalue weighted by molar-refractivity contribution is 5.93. The van der Waals surface area contributed by atoms with Gasteiger partial charge in [0.05, 0.1) is 24.7 Å². The van der Waals surface area contributed by atoms with Crippen molar-refractivity contribution in [2.24, 2.45) is 17.8 Å². The van der Waals surface area contributed by atoms with Crippen molar-refractivity contribution in [3.8, 4) is 0 Å². The highest BCUT2D eigenvalue weighted by atomic mass is 16.5. The lowest BCUT2D eigenvalue weighted by Gasteiger charge is -2.56. The van der Waals surface area contributed by atoms with Crippen LogP contribution in [0.5, 0.6) is 0 Å². The van der Waals surface area contributed by atoms with Crippen LogP contribution in [0, 0.1) is 17.8 Å². The molecule has 1 saturated carbocycles. The minimum absolute atomic E-state index is 0.0170. The van der Waals surface area contributed by atoms with Gasteiger partial charge in [0.15, 0.2) is 0 Å². The zero-order valence-electron chi connectivity index (χ0n) is 29.7. The quantitative estimate of drug-likeness (QED) is 0.311. The maximum atomic E-state index is 14.8. The SMILES string of the molecule is COCCCNC(=O)C[C@H]1C[C@H](C(=O)N2CCOCC2)[C@@]2(CCC3CCCC3)c3[nH]c4cc(CCC(=O)N(C)C)ccc4c3CCN2C1=O. The number of aryl methyl sites for hydroxylation is 1. The van der Waals surface area contributed by atoms with Crippen molar-refractivity contribution in [1.29, 1.82) is 0 Å². The van der Waals surface area contributed by atoms with E-state index in [0.717, 1.165) is 28.6 Å². The highest BCUT2D eigenvalue weighted by Gasteiger charge is 2.59. The van der Waals surface area contributed by atoms with E-state index >= 15 is 0 Å². The number of aromatic amines is 1. The number of benzene rings is 1. The number of nitrogens with zero attached hydrogens (tertiary/aromatic N) is 3. The number of piperidine rings is 1. The monoisotopic (exact) mass is 677 g/mol. The van der Waals surface area contributed by atoms with E-state index < -0.39 is 17.4 Å². The van der Waals surface area contributed by atoms with Gasteiger partial charge in [-0.3, -0.25) is 19.2 Å². The first-order valence-corrected chi connectivity index (χ1v) is 18.5. The second-order valence-electron chi connectivity index (χ2n) is 14.8. The van der Waals surface area contributed by atoms with Crippen molar-refractivity contribution < 1.29 is 28.7 Å². The standard InChI is InChI=1S/C38H55N5O6/c1-41(2)34(45)12-10-27-9-11-29-30-14-17-43-36(46)28(25-33(44)39-16-6-20-48-3)24-31(37(47)42-18-21-49-22-19-42)38(43,35(30)40-32(29)23-27)15-13-26-7-4-5-8-26/h9,11,23,26,28,31,40H,4-8,10,12-22,24-25H2,1-3H3,(H,39,44)/t28-,31-,38+/m1/s1. The summed E-state index contributed by atoms with van der Waals surface area (Å²) in [6.07, 6.45) is 9.37. The second kappa shape index (κ2) is 15.6. The number of fused-ring (bicyclic) bond motifs is 5. The van der Waals surface area contributed by atoms with Crippen LogP contribution in [-0.4, -0.2) is 111 Å². The van der Waals surface area contributed by atoms with E-state index in [-0.39, 0.29) is 30.0 Å². The maximum absolute atomic E-state index is 14.8. The minimum atomic E-state index is -0.825. The molecule has 0 bridgehead atoms. The van der Waals surface area contributed by atoms with Crippen LogP contribution < -0.4 is 5.32 Å². The van der Waals surface area contributed by atoms with Crippen LogP contribution in [0.2, 0.25) is 0 Å². The molecule has 11 heteroatoms. The zero-order valence-corrected chi connectivity index (χ0v) is 29.7. The molecule has 0 radical (unpaired) electrons. The lowest BCUT2D eigenvalue weighted by molar-refractivity contribution is -0.169. The third-order valence-electron chi connectivity index (χ3n) is 11.6. The Kier molecular flexibility index (Phi) is 11.3. The molecule has 0 unspecified atom stereocenters. The molecule has 3 aliphatic heterocycles. The van der Waals surface area contributed by atoms with Gasteiger partial charge < -0.3 is 34.5 Å². The Hall–Kier alpha value is -3.44. The molecule has 49 heavy (non-hydrogen) atoms. The maximum Gasteiger partial charge on any atom is 0.228 e. The molecule has 6 rings (SSSR count). The van der Waals surface area contributed by atoms with E-state index in [1.165, 1.54) is 31.2 Å². The van der Waals surface area contributed by atoms with Crippen LogP contribution in [0.3, 0.4) is 0 Å². The van der Waals surface area contributed by atoms with Gasteiger partial charge in [0, 0.05) is 89.3 Å². The number of carbonyl (C=O) groups is 4. The number of methoxy groups -OCH3 is 1. The lowest BCUT2D eigenvalue weighted by Crippen LogP contribution is -2.66. The zero-order chi connectivity index (χ0) is 34.5. The smallest absolute Gasteiger partial charge is 0.228 e. The Morgan fingerprint density at radius 1 is 1.12 bits per heavy atom. The highest BCUT2D eigenvalue weighted by Crippen LogP contribution is 2.54. The van der Waals surface area contributed by atoms with Crippen molar-refractivity contribution in [2.45, 2.75) is 82.6 Å². The molecule has 3 atom stereocenters. The van der Waals surface area contributed by atoms with Crippen LogP contribution in [0.15, 0.2) is 18.2 Å². The molecule has 1 aliphatic carbocycles. The fraction of sp³-hybridized carbons (Fsp3) is 0.684. The Bertz CT molecular complexity index is 1510. The molecule has 2 aromatic rings. The van der Waals surface area contributed by atoms with E-state index in [0.29, 0.717) is 90.4 Å². The van der Waals surface area contributed by atoms with Crippen LogP contribution in [0.25, 0.3) is 10.9 Å². The Morgan fingerprint density at radius 3 is 2.63 bits per heavy atom. The molecular formula is C38H55N5O6. The number of hydrogen-bond acceptors (Lipinski definition) is 6. The number of carbonyl (C=O) groups excluding carboxylic acids is 4. The van der Waals surface area contributed by atoms with Gasteiger partial charge in [0.1, 0.15) is 0 Å². The summed E-state index contributed by atoms with van der Waals surface area (Å²) < 4.78 is 10.8. The number of ether oxygens (including phenoxy) is 2. The summed E-state index contributed by atoms with van der Waals surface area (Å²) in [5.74, 6) is -0.491. The molecule has 3 fully saturated rings. The van der Waals surface area contributed by atoms with Gasteiger partial charge in [-0.1, -0.05) is 37.8 Å².